The first kappa shape index (κ1) is 20.3. The molecule has 1 aromatic heterocycles. The third-order valence-corrected chi connectivity index (χ3v) is 6.83. The Morgan fingerprint density at radius 2 is 1.93 bits per heavy atom. The van der Waals surface area contributed by atoms with E-state index in [1.165, 1.54) is 17.4 Å². The fourth-order valence-electron chi connectivity index (χ4n) is 2.42. The van der Waals surface area contributed by atoms with Gasteiger partial charge in [0.1, 0.15) is 5.75 Å². The molecule has 1 N–H and O–H groups in total. The van der Waals surface area contributed by atoms with Crippen LogP contribution in [0.4, 0.5) is 5.13 Å². The van der Waals surface area contributed by atoms with Crippen LogP contribution in [0.2, 0.25) is 5.02 Å². The van der Waals surface area contributed by atoms with Crippen LogP contribution in [0.3, 0.4) is 0 Å². The van der Waals surface area contributed by atoms with E-state index in [1.807, 2.05) is 6.07 Å². The van der Waals surface area contributed by atoms with Gasteiger partial charge in [0.05, 0.1) is 11.3 Å². The number of thiazole rings is 1. The topological polar surface area (TPSA) is 85.4 Å². The lowest BCUT2D eigenvalue weighted by molar-refractivity contribution is -0.134. The number of hydrogen-bond donors (Lipinski definition) is 1. The molecule has 6 nitrogen and oxygen atoms in total. The summed E-state index contributed by atoms with van der Waals surface area (Å²) in [4.78, 5) is 16.9. The van der Waals surface area contributed by atoms with Crippen LogP contribution in [-0.4, -0.2) is 19.4 Å². The average molecular weight is 437 g/mol. The van der Waals surface area contributed by atoms with Gasteiger partial charge in [0.25, 0.3) is 10.0 Å². The minimum atomic E-state index is -3.80. The number of halogens is 1. The predicted molar refractivity (Wildman–Crippen MR) is 110 cm³/mol. The SMILES string of the molecule is Cc1c(Cl)cccc1S(=O)(=O)Nc1ncc(CCC(=O)Oc2ccccc2)s1. The number of rotatable bonds is 7. The second-order valence-corrected chi connectivity index (χ2v) is 9.06. The van der Waals surface area contributed by atoms with Gasteiger partial charge in [-0.05, 0) is 43.2 Å². The van der Waals surface area contributed by atoms with Crippen LogP contribution < -0.4 is 9.46 Å². The van der Waals surface area contributed by atoms with Crippen molar-refractivity contribution in [3.8, 4) is 5.75 Å². The molecule has 0 radical (unpaired) electrons. The number of carbonyl (C=O) groups is 1. The maximum atomic E-state index is 12.6. The van der Waals surface area contributed by atoms with Gasteiger partial charge in [-0.2, -0.15) is 0 Å². The molecular weight excluding hydrogens is 420 g/mol. The van der Waals surface area contributed by atoms with E-state index in [1.54, 1.807) is 49.5 Å². The van der Waals surface area contributed by atoms with Gasteiger partial charge < -0.3 is 4.74 Å². The zero-order chi connectivity index (χ0) is 20.1. The number of aryl methyl sites for hydroxylation is 1. The molecule has 28 heavy (non-hydrogen) atoms. The molecule has 0 amide bonds. The molecule has 0 saturated carbocycles. The van der Waals surface area contributed by atoms with Gasteiger partial charge in [0.15, 0.2) is 5.13 Å². The van der Waals surface area contributed by atoms with Gasteiger partial charge in [-0.25, -0.2) is 13.4 Å². The molecule has 0 aliphatic heterocycles. The highest BCUT2D eigenvalue weighted by atomic mass is 35.5. The van der Waals surface area contributed by atoms with E-state index in [0.717, 1.165) is 4.88 Å². The van der Waals surface area contributed by atoms with Crippen molar-refractivity contribution in [1.82, 2.24) is 4.98 Å². The highest BCUT2D eigenvalue weighted by molar-refractivity contribution is 7.93. The van der Waals surface area contributed by atoms with Gasteiger partial charge in [0.2, 0.25) is 0 Å². The molecule has 0 unspecified atom stereocenters. The van der Waals surface area contributed by atoms with E-state index in [2.05, 4.69) is 9.71 Å². The number of anilines is 1. The van der Waals surface area contributed by atoms with E-state index >= 15 is 0 Å². The molecule has 3 aromatic rings. The molecule has 146 valence electrons. The molecule has 0 bridgehead atoms. The van der Waals surface area contributed by atoms with E-state index in [0.29, 0.717) is 22.8 Å². The van der Waals surface area contributed by atoms with Crippen molar-refractivity contribution >= 4 is 44.1 Å². The van der Waals surface area contributed by atoms with E-state index < -0.39 is 10.0 Å². The number of hydrogen-bond acceptors (Lipinski definition) is 6. The number of ether oxygens (including phenoxy) is 1. The van der Waals surface area contributed by atoms with Crippen LogP contribution >= 0.6 is 22.9 Å². The summed E-state index contributed by atoms with van der Waals surface area (Å²) in [5, 5.41) is 0.602. The Hall–Kier alpha value is -2.42. The number of carbonyl (C=O) groups excluding carboxylic acids is 1. The Labute approximate surface area is 172 Å². The van der Waals surface area contributed by atoms with Crippen molar-refractivity contribution in [2.75, 3.05) is 4.72 Å². The summed E-state index contributed by atoms with van der Waals surface area (Å²) in [5.41, 5.74) is 0.470. The Morgan fingerprint density at radius 1 is 1.18 bits per heavy atom. The fraction of sp³-hybridized carbons (Fsp3) is 0.158. The fourth-order valence-corrected chi connectivity index (χ4v) is 4.97. The first-order chi connectivity index (χ1) is 13.3. The van der Waals surface area contributed by atoms with Gasteiger partial charge in [0, 0.05) is 16.1 Å². The van der Waals surface area contributed by atoms with Crippen LogP contribution in [0.25, 0.3) is 0 Å². The monoisotopic (exact) mass is 436 g/mol. The number of para-hydroxylation sites is 1. The largest absolute Gasteiger partial charge is 0.427 e. The summed E-state index contributed by atoms with van der Waals surface area (Å²) in [7, 11) is -3.80. The molecule has 0 saturated heterocycles. The van der Waals surface area contributed by atoms with Gasteiger partial charge in [-0.3, -0.25) is 9.52 Å². The molecule has 0 aliphatic rings. The molecule has 0 aliphatic carbocycles. The second-order valence-electron chi connectivity index (χ2n) is 5.89. The molecule has 0 fully saturated rings. The average Bonchev–Trinajstić information content (AvgIpc) is 3.09. The minimum absolute atomic E-state index is 0.100. The molecule has 0 spiro atoms. The first-order valence-corrected chi connectivity index (χ1v) is 11.0. The van der Waals surface area contributed by atoms with Gasteiger partial charge >= 0.3 is 5.97 Å². The first-order valence-electron chi connectivity index (χ1n) is 8.33. The van der Waals surface area contributed by atoms with Crippen molar-refractivity contribution in [1.29, 1.82) is 0 Å². The minimum Gasteiger partial charge on any atom is -0.427 e. The maximum Gasteiger partial charge on any atom is 0.311 e. The summed E-state index contributed by atoms with van der Waals surface area (Å²) in [5.74, 6) is 0.124. The third kappa shape index (κ3) is 5.09. The lowest BCUT2D eigenvalue weighted by atomic mass is 10.2. The number of nitrogens with one attached hydrogen (secondary N) is 1. The van der Waals surface area contributed by atoms with E-state index in [9.17, 15) is 13.2 Å². The second kappa shape index (κ2) is 8.72. The van der Waals surface area contributed by atoms with Gasteiger partial charge in [-0.1, -0.05) is 35.9 Å². The molecule has 3 rings (SSSR count). The van der Waals surface area contributed by atoms with Crippen molar-refractivity contribution in [3.63, 3.8) is 0 Å². The molecule has 9 heteroatoms. The summed E-state index contributed by atoms with van der Waals surface area (Å²) < 4.78 is 32.8. The Bertz CT molecular complexity index is 1080. The number of benzene rings is 2. The Morgan fingerprint density at radius 3 is 2.68 bits per heavy atom. The summed E-state index contributed by atoms with van der Waals surface area (Å²) in [6, 6.07) is 13.5. The number of nitrogens with zero attached hydrogens (tertiary/aromatic N) is 1. The molecule has 0 atom stereocenters. The van der Waals surface area contributed by atoms with Crippen LogP contribution in [0.1, 0.15) is 16.9 Å². The Balaban J connectivity index is 1.61. The van der Waals surface area contributed by atoms with Gasteiger partial charge in [-0.15, -0.1) is 11.3 Å². The smallest absolute Gasteiger partial charge is 0.311 e. The summed E-state index contributed by atoms with van der Waals surface area (Å²) >= 11 is 7.18. The summed E-state index contributed by atoms with van der Waals surface area (Å²) in [6.07, 6.45) is 2.11. The van der Waals surface area contributed by atoms with Crippen LogP contribution in [0.5, 0.6) is 5.75 Å². The lowest BCUT2D eigenvalue weighted by Gasteiger charge is -2.09. The number of esters is 1. The normalized spacial score (nSPS) is 11.2. The predicted octanol–water partition coefficient (Wildman–Crippen LogP) is 4.44. The highest BCUT2D eigenvalue weighted by Gasteiger charge is 2.20. The summed E-state index contributed by atoms with van der Waals surface area (Å²) in [6.45, 7) is 1.64. The van der Waals surface area contributed by atoms with Crippen molar-refractivity contribution in [2.45, 2.75) is 24.7 Å². The molecular formula is C19H17ClN2O4S2. The molecule has 2 aromatic carbocycles. The van der Waals surface area contributed by atoms with Crippen molar-refractivity contribution < 1.29 is 17.9 Å². The quantitative estimate of drug-likeness (QED) is 0.437. The lowest BCUT2D eigenvalue weighted by Crippen LogP contribution is -2.14. The number of aromatic nitrogens is 1. The highest BCUT2D eigenvalue weighted by Crippen LogP contribution is 2.27. The van der Waals surface area contributed by atoms with Crippen molar-refractivity contribution in [2.24, 2.45) is 0 Å². The van der Waals surface area contributed by atoms with Crippen LogP contribution in [0, 0.1) is 6.92 Å². The zero-order valence-corrected chi connectivity index (χ0v) is 17.3. The molecule has 1 heterocycles. The maximum absolute atomic E-state index is 12.6. The third-order valence-electron chi connectivity index (χ3n) is 3.83. The van der Waals surface area contributed by atoms with Crippen LogP contribution in [0.15, 0.2) is 59.6 Å². The van der Waals surface area contributed by atoms with Crippen LogP contribution in [-0.2, 0) is 21.2 Å². The Kier molecular flexibility index (Phi) is 6.33. The van der Waals surface area contributed by atoms with Crippen molar-refractivity contribution in [3.05, 3.63) is 70.2 Å². The zero-order valence-electron chi connectivity index (χ0n) is 14.9. The number of sulfonamides is 1. The van der Waals surface area contributed by atoms with E-state index in [4.69, 9.17) is 16.3 Å². The standard InChI is InChI=1S/C19H17ClN2O4S2/c1-13-16(20)8-5-9-17(13)28(24,25)22-19-21-12-15(27-19)10-11-18(23)26-14-6-3-2-4-7-14/h2-9,12H,10-11H2,1H3,(H,21,22). The van der Waals surface area contributed by atoms with E-state index in [-0.39, 0.29) is 22.4 Å².